The van der Waals surface area contributed by atoms with E-state index in [1.54, 1.807) is 4.90 Å². The molecule has 0 unspecified atom stereocenters. The van der Waals surface area contributed by atoms with Gasteiger partial charge in [0.25, 0.3) is 0 Å². The highest BCUT2D eigenvalue weighted by Crippen LogP contribution is 2.15. The van der Waals surface area contributed by atoms with Crippen molar-refractivity contribution < 1.29 is 14.3 Å². The van der Waals surface area contributed by atoms with Gasteiger partial charge in [0, 0.05) is 45.0 Å². The number of carbonyl (C=O) groups is 1. The fourth-order valence-electron chi connectivity index (χ4n) is 2.77. The van der Waals surface area contributed by atoms with Gasteiger partial charge in [-0.1, -0.05) is 18.2 Å². The Hall–Kier alpha value is -1.79. The molecule has 1 amide bonds. The smallest absolute Gasteiger partial charge is 0.409 e. The van der Waals surface area contributed by atoms with Crippen molar-refractivity contribution >= 4 is 11.8 Å². The summed E-state index contributed by atoms with van der Waals surface area (Å²) in [4.78, 5) is 16.2. The first-order valence-electron chi connectivity index (χ1n) is 7.87. The van der Waals surface area contributed by atoms with Gasteiger partial charge in [0.2, 0.25) is 0 Å². The van der Waals surface area contributed by atoms with Crippen LogP contribution in [0.3, 0.4) is 0 Å². The molecule has 2 aliphatic rings. The lowest BCUT2D eigenvalue weighted by Crippen LogP contribution is -2.49. The molecule has 2 fully saturated rings. The van der Waals surface area contributed by atoms with Crippen LogP contribution in [0.4, 0.5) is 10.5 Å². The fourth-order valence-corrected chi connectivity index (χ4v) is 2.77. The van der Waals surface area contributed by atoms with Crippen molar-refractivity contribution in [3.05, 3.63) is 30.3 Å². The highest BCUT2D eigenvalue weighted by molar-refractivity contribution is 5.68. The maximum absolute atomic E-state index is 12.1. The first-order chi connectivity index (χ1) is 10.8. The average Bonchev–Trinajstić information content (AvgIpc) is 2.61. The number of rotatable bonds is 3. The van der Waals surface area contributed by atoms with Gasteiger partial charge in [0.05, 0.1) is 6.61 Å². The van der Waals surface area contributed by atoms with Gasteiger partial charge in [-0.2, -0.15) is 0 Å². The van der Waals surface area contributed by atoms with Crippen LogP contribution >= 0.6 is 0 Å². The zero-order chi connectivity index (χ0) is 15.2. The lowest BCUT2D eigenvalue weighted by Gasteiger charge is -2.35. The number of amides is 1. The minimum Gasteiger partial charge on any atom is -0.447 e. The summed E-state index contributed by atoms with van der Waals surface area (Å²) in [6, 6.07) is 10.3. The van der Waals surface area contributed by atoms with Gasteiger partial charge in [-0.05, 0) is 12.1 Å². The van der Waals surface area contributed by atoms with Gasteiger partial charge in [-0.25, -0.2) is 4.79 Å². The lowest BCUT2D eigenvalue weighted by atomic mass is 10.2. The predicted octanol–water partition coefficient (Wildman–Crippen LogP) is 0.934. The molecule has 6 nitrogen and oxygen atoms in total. The normalized spacial score (nSPS) is 22.5. The highest BCUT2D eigenvalue weighted by Gasteiger charge is 2.23. The zero-order valence-corrected chi connectivity index (χ0v) is 12.7. The molecular weight excluding hydrogens is 282 g/mol. The Bertz CT molecular complexity index is 469. The topological polar surface area (TPSA) is 54.0 Å². The van der Waals surface area contributed by atoms with Gasteiger partial charge in [0.1, 0.15) is 12.7 Å². The summed E-state index contributed by atoms with van der Waals surface area (Å²) in [5.41, 5.74) is 1.21. The summed E-state index contributed by atoms with van der Waals surface area (Å²) in [5, 5.41) is 3.23. The minimum absolute atomic E-state index is 0.0247. The van der Waals surface area contributed by atoms with Crippen LogP contribution in [0, 0.1) is 0 Å². The molecule has 2 heterocycles. The molecule has 120 valence electrons. The number of hydrogen-bond acceptors (Lipinski definition) is 5. The number of para-hydroxylation sites is 1. The van der Waals surface area contributed by atoms with E-state index in [0.717, 1.165) is 26.2 Å². The third-order valence-corrected chi connectivity index (χ3v) is 4.06. The van der Waals surface area contributed by atoms with Crippen molar-refractivity contribution in [1.82, 2.24) is 10.2 Å². The van der Waals surface area contributed by atoms with E-state index in [1.165, 1.54) is 5.69 Å². The summed E-state index contributed by atoms with van der Waals surface area (Å²) >= 11 is 0. The lowest BCUT2D eigenvalue weighted by molar-refractivity contribution is -0.0186. The number of hydrogen-bond donors (Lipinski definition) is 1. The van der Waals surface area contributed by atoms with E-state index >= 15 is 0 Å². The summed E-state index contributed by atoms with van der Waals surface area (Å²) in [7, 11) is 0. The first kappa shape index (κ1) is 15.1. The number of ether oxygens (including phenoxy) is 2. The molecule has 1 aromatic rings. The largest absolute Gasteiger partial charge is 0.447 e. The molecule has 0 spiro atoms. The second-order valence-electron chi connectivity index (χ2n) is 5.58. The van der Waals surface area contributed by atoms with Crippen molar-refractivity contribution in [2.45, 2.75) is 6.10 Å². The SMILES string of the molecule is O=C(OC[C@H]1CNCCO1)N1CCN(c2ccccc2)CC1. The summed E-state index contributed by atoms with van der Waals surface area (Å²) < 4.78 is 10.9. The summed E-state index contributed by atoms with van der Waals surface area (Å²) in [5.74, 6) is 0. The Morgan fingerprint density at radius 2 is 2.00 bits per heavy atom. The Morgan fingerprint density at radius 1 is 1.23 bits per heavy atom. The fraction of sp³-hybridized carbons (Fsp3) is 0.562. The molecule has 0 aliphatic carbocycles. The molecule has 1 aromatic carbocycles. The van der Waals surface area contributed by atoms with Crippen molar-refractivity contribution in [2.75, 3.05) is 57.4 Å². The van der Waals surface area contributed by atoms with Crippen molar-refractivity contribution in [2.24, 2.45) is 0 Å². The number of carbonyl (C=O) groups excluding carboxylic acids is 1. The Kier molecular flexibility index (Phi) is 5.13. The van der Waals surface area contributed by atoms with Crippen molar-refractivity contribution in [3.8, 4) is 0 Å². The number of benzene rings is 1. The minimum atomic E-state index is -0.234. The van der Waals surface area contributed by atoms with Crippen LogP contribution in [0.15, 0.2) is 30.3 Å². The van der Waals surface area contributed by atoms with E-state index < -0.39 is 0 Å². The molecule has 0 saturated carbocycles. The second-order valence-corrected chi connectivity index (χ2v) is 5.58. The molecule has 2 aliphatic heterocycles. The zero-order valence-electron chi connectivity index (χ0n) is 12.7. The van der Waals surface area contributed by atoms with Gasteiger partial charge < -0.3 is 24.6 Å². The number of anilines is 1. The third-order valence-electron chi connectivity index (χ3n) is 4.06. The van der Waals surface area contributed by atoms with Crippen molar-refractivity contribution in [1.29, 1.82) is 0 Å². The standard InChI is InChI=1S/C16H23N3O3/c20-16(22-13-15-12-17-6-11-21-15)19-9-7-18(8-10-19)14-4-2-1-3-5-14/h1-5,15,17H,6-13H2/t15-/m1/s1. The molecule has 1 N–H and O–H groups in total. The Balaban J connectivity index is 1.41. The molecule has 0 radical (unpaired) electrons. The molecule has 0 bridgehead atoms. The molecule has 6 heteroatoms. The van der Waals surface area contributed by atoms with Crippen LogP contribution in [0.1, 0.15) is 0 Å². The van der Waals surface area contributed by atoms with E-state index in [0.29, 0.717) is 26.3 Å². The third kappa shape index (κ3) is 3.90. The Morgan fingerprint density at radius 3 is 2.68 bits per heavy atom. The van der Waals surface area contributed by atoms with E-state index in [1.807, 2.05) is 18.2 Å². The number of piperazine rings is 1. The van der Waals surface area contributed by atoms with Gasteiger partial charge in [-0.15, -0.1) is 0 Å². The summed E-state index contributed by atoms with van der Waals surface area (Å²) in [6.07, 6.45) is -0.259. The molecular formula is C16H23N3O3. The predicted molar refractivity (Wildman–Crippen MR) is 84.2 cm³/mol. The average molecular weight is 305 g/mol. The molecule has 3 rings (SSSR count). The molecule has 1 atom stereocenters. The number of nitrogens with one attached hydrogen (secondary N) is 1. The molecule has 2 saturated heterocycles. The van der Waals surface area contributed by atoms with Crippen LogP contribution in [0.5, 0.6) is 0 Å². The quantitative estimate of drug-likeness (QED) is 0.900. The maximum Gasteiger partial charge on any atom is 0.409 e. The van der Waals surface area contributed by atoms with Crippen LogP contribution in [-0.4, -0.2) is 69.6 Å². The molecule has 0 aromatic heterocycles. The van der Waals surface area contributed by atoms with E-state index in [-0.39, 0.29) is 12.2 Å². The Labute approximate surface area is 131 Å². The number of morpholine rings is 1. The van der Waals surface area contributed by atoms with E-state index in [4.69, 9.17) is 9.47 Å². The maximum atomic E-state index is 12.1. The van der Waals surface area contributed by atoms with Gasteiger partial charge in [0.15, 0.2) is 0 Å². The monoisotopic (exact) mass is 305 g/mol. The molecule has 22 heavy (non-hydrogen) atoms. The highest BCUT2D eigenvalue weighted by atomic mass is 16.6. The second kappa shape index (κ2) is 7.47. The van der Waals surface area contributed by atoms with Crippen LogP contribution < -0.4 is 10.2 Å². The van der Waals surface area contributed by atoms with Gasteiger partial charge >= 0.3 is 6.09 Å². The van der Waals surface area contributed by atoms with Crippen molar-refractivity contribution in [3.63, 3.8) is 0 Å². The van der Waals surface area contributed by atoms with Crippen LogP contribution in [0.25, 0.3) is 0 Å². The van der Waals surface area contributed by atoms with Gasteiger partial charge in [-0.3, -0.25) is 0 Å². The van der Waals surface area contributed by atoms with Crippen LogP contribution in [-0.2, 0) is 9.47 Å². The van der Waals surface area contributed by atoms with E-state index in [2.05, 4.69) is 22.3 Å². The number of nitrogens with zero attached hydrogens (tertiary/aromatic N) is 2. The van der Waals surface area contributed by atoms with Crippen LogP contribution in [0.2, 0.25) is 0 Å². The van der Waals surface area contributed by atoms with E-state index in [9.17, 15) is 4.79 Å². The summed E-state index contributed by atoms with van der Waals surface area (Å²) in [6.45, 7) is 5.67. The first-order valence-corrected chi connectivity index (χ1v) is 7.87.